The monoisotopic (exact) mass is 666 g/mol. The van der Waals surface area contributed by atoms with Gasteiger partial charge < -0.3 is 25.4 Å². The lowest BCUT2D eigenvalue weighted by atomic mass is 10.1. The summed E-state index contributed by atoms with van der Waals surface area (Å²) < 4.78 is 11.8. The van der Waals surface area contributed by atoms with Gasteiger partial charge in [0.1, 0.15) is 5.70 Å². The summed E-state index contributed by atoms with van der Waals surface area (Å²) in [5.41, 5.74) is 3.53. The fraction of sp³-hybridized carbons (Fsp3) is 0.167. The van der Waals surface area contributed by atoms with Crippen molar-refractivity contribution in [1.82, 2.24) is 10.3 Å². The number of amides is 3. The Morgan fingerprint density at radius 1 is 0.894 bits per heavy atom. The average molecular weight is 667 g/mol. The molecule has 5 aromatic rings. The van der Waals surface area contributed by atoms with E-state index in [1.54, 1.807) is 66.7 Å². The number of fused-ring (bicyclic) bond motifs is 1. The van der Waals surface area contributed by atoms with E-state index in [4.69, 9.17) is 9.47 Å². The highest BCUT2D eigenvalue weighted by Crippen LogP contribution is 2.32. The molecule has 0 spiro atoms. The third-order valence-corrected chi connectivity index (χ3v) is 9.35. The minimum atomic E-state index is -0.526. The number of nitrogens with zero attached hydrogens (tertiary/aromatic N) is 1. The van der Waals surface area contributed by atoms with Gasteiger partial charge >= 0.3 is 0 Å². The molecule has 240 valence electrons. The molecular weight excluding hydrogens is 633 g/mol. The normalized spacial score (nSPS) is 11.9. The first-order valence-corrected chi connectivity index (χ1v) is 16.5. The number of carbonyl (C=O) groups is 3. The number of carbonyl (C=O) groups excluding carboxylic acids is 3. The van der Waals surface area contributed by atoms with E-state index in [0.717, 1.165) is 20.7 Å². The van der Waals surface area contributed by atoms with Crippen molar-refractivity contribution < 1.29 is 23.9 Å². The minimum absolute atomic E-state index is 0.0287. The summed E-state index contributed by atoms with van der Waals surface area (Å²) in [6.45, 7) is 3.97. The van der Waals surface area contributed by atoms with Crippen LogP contribution in [-0.4, -0.2) is 42.2 Å². The van der Waals surface area contributed by atoms with Crippen molar-refractivity contribution in [2.24, 2.45) is 0 Å². The van der Waals surface area contributed by atoms with Crippen molar-refractivity contribution in [2.45, 2.75) is 30.4 Å². The molecule has 0 aliphatic rings. The fourth-order valence-corrected chi connectivity index (χ4v) is 6.64. The second-order valence-electron chi connectivity index (χ2n) is 10.5. The number of aromatic nitrogens is 1. The van der Waals surface area contributed by atoms with Crippen LogP contribution in [0.15, 0.2) is 102 Å². The highest BCUT2D eigenvalue weighted by molar-refractivity contribution is 8.00. The van der Waals surface area contributed by atoms with Crippen LogP contribution in [0.25, 0.3) is 16.3 Å². The van der Waals surface area contributed by atoms with Gasteiger partial charge in [0.05, 0.1) is 29.7 Å². The molecule has 0 saturated carbocycles. The summed E-state index contributed by atoms with van der Waals surface area (Å²) in [4.78, 5) is 45.3. The highest BCUT2D eigenvalue weighted by atomic mass is 32.2. The number of methoxy groups -OCH3 is 2. The van der Waals surface area contributed by atoms with Gasteiger partial charge in [-0.05, 0) is 85.1 Å². The smallest absolute Gasteiger partial charge is 0.272 e. The van der Waals surface area contributed by atoms with Gasteiger partial charge in [0.2, 0.25) is 5.91 Å². The van der Waals surface area contributed by atoms with Crippen molar-refractivity contribution in [2.75, 3.05) is 24.9 Å². The topological polar surface area (TPSA) is 119 Å². The first-order chi connectivity index (χ1) is 22.8. The van der Waals surface area contributed by atoms with Gasteiger partial charge in [0.15, 0.2) is 16.6 Å². The first kappa shape index (κ1) is 33.2. The highest BCUT2D eigenvalue weighted by Gasteiger charge is 2.21. The van der Waals surface area contributed by atoms with Crippen molar-refractivity contribution in [3.8, 4) is 11.5 Å². The predicted molar refractivity (Wildman–Crippen MR) is 189 cm³/mol. The van der Waals surface area contributed by atoms with Gasteiger partial charge in [-0.2, -0.15) is 0 Å². The van der Waals surface area contributed by atoms with E-state index >= 15 is 0 Å². The first-order valence-electron chi connectivity index (χ1n) is 14.8. The molecule has 5 rings (SSSR count). The summed E-state index contributed by atoms with van der Waals surface area (Å²) in [7, 11) is 3.06. The van der Waals surface area contributed by atoms with E-state index in [1.165, 1.54) is 37.3 Å². The quantitative estimate of drug-likeness (QED) is 0.0930. The molecule has 0 radical (unpaired) electrons. The number of nitrogens with one attached hydrogen (secondary N) is 3. The molecule has 9 nitrogen and oxygen atoms in total. The molecule has 0 aliphatic carbocycles. The Morgan fingerprint density at radius 2 is 1.68 bits per heavy atom. The van der Waals surface area contributed by atoms with Crippen molar-refractivity contribution in [3.63, 3.8) is 0 Å². The standard InChI is InChI=1S/C36H34N4O5S2/c1-5-31(35(43)40-36-39-27-16-14-22(2)18-32(27)47-36)46-26-13-9-12-25(21-26)37-34(42)28(38-33(41)24-10-7-6-8-11-24)19-23-15-17-29(44-3)30(20-23)45-4/h6-21,31H,5H2,1-4H3,(H,37,42)(H,38,41)(H,39,40,43)/b28-19+. The lowest BCUT2D eigenvalue weighted by molar-refractivity contribution is -0.116. The maximum absolute atomic E-state index is 13.6. The third-order valence-electron chi connectivity index (χ3n) is 7.05. The van der Waals surface area contributed by atoms with Gasteiger partial charge in [-0.3, -0.25) is 14.4 Å². The largest absolute Gasteiger partial charge is 0.493 e. The molecule has 4 aromatic carbocycles. The van der Waals surface area contributed by atoms with Gasteiger partial charge in [-0.15, -0.1) is 11.8 Å². The number of thioether (sulfide) groups is 1. The van der Waals surface area contributed by atoms with Crippen LogP contribution in [0, 0.1) is 6.92 Å². The van der Waals surface area contributed by atoms with Crippen LogP contribution in [0.2, 0.25) is 0 Å². The van der Waals surface area contributed by atoms with E-state index in [2.05, 4.69) is 27.0 Å². The number of anilines is 2. The van der Waals surface area contributed by atoms with E-state index in [-0.39, 0.29) is 16.9 Å². The number of thiazole rings is 1. The summed E-state index contributed by atoms with van der Waals surface area (Å²) in [5, 5.41) is 8.78. The van der Waals surface area contributed by atoms with Crippen LogP contribution >= 0.6 is 23.1 Å². The molecule has 0 saturated heterocycles. The summed E-state index contributed by atoms with van der Waals surface area (Å²) in [6, 6.07) is 27.1. The zero-order valence-electron chi connectivity index (χ0n) is 26.3. The Morgan fingerprint density at radius 3 is 2.43 bits per heavy atom. The Bertz CT molecular complexity index is 1940. The fourth-order valence-electron chi connectivity index (χ4n) is 4.65. The van der Waals surface area contributed by atoms with Crippen LogP contribution in [0.5, 0.6) is 11.5 Å². The molecule has 3 amide bonds. The molecule has 0 fully saturated rings. The van der Waals surface area contributed by atoms with E-state index in [0.29, 0.717) is 39.9 Å². The summed E-state index contributed by atoms with van der Waals surface area (Å²) >= 11 is 2.84. The van der Waals surface area contributed by atoms with Crippen molar-refractivity contribution in [1.29, 1.82) is 0 Å². The Hall–Kier alpha value is -5.13. The molecule has 1 aromatic heterocycles. The Kier molecular flexibility index (Phi) is 10.9. The molecule has 47 heavy (non-hydrogen) atoms. The van der Waals surface area contributed by atoms with Crippen LogP contribution in [0.3, 0.4) is 0 Å². The van der Waals surface area contributed by atoms with E-state index < -0.39 is 11.8 Å². The molecule has 0 bridgehead atoms. The maximum atomic E-state index is 13.6. The zero-order chi connectivity index (χ0) is 33.3. The second kappa shape index (κ2) is 15.4. The van der Waals surface area contributed by atoms with Gasteiger partial charge in [-0.1, -0.05) is 54.7 Å². The van der Waals surface area contributed by atoms with Crippen molar-refractivity contribution in [3.05, 3.63) is 113 Å². The second-order valence-corrected chi connectivity index (χ2v) is 12.8. The lowest BCUT2D eigenvalue weighted by Crippen LogP contribution is -2.30. The summed E-state index contributed by atoms with van der Waals surface area (Å²) in [5.74, 6) is -0.0919. The SMILES string of the molecule is CCC(Sc1cccc(NC(=O)/C(=C\c2ccc(OC)c(OC)c2)NC(=O)c2ccccc2)c1)C(=O)Nc1nc2ccc(C)cc2s1. The number of hydrogen-bond donors (Lipinski definition) is 3. The van der Waals surface area contributed by atoms with E-state index in [1.807, 2.05) is 38.1 Å². The third kappa shape index (κ3) is 8.57. The molecule has 11 heteroatoms. The van der Waals surface area contributed by atoms with Gasteiger partial charge in [0, 0.05) is 16.1 Å². The predicted octanol–water partition coefficient (Wildman–Crippen LogP) is 7.54. The van der Waals surface area contributed by atoms with Gasteiger partial charge in [-0.25, -0.2) is 4.98 Å². The maximum Gasteiger partial charge on any atom is 0.272 e. The number of benzene rings is 4. The molecular formula is C36H34N4O5S2. The minimum Gasteiger partial charge on any atom is -0.493 e. The molecule has 1 unspecified atom stereocenters. The number of ether oxygens (including phenoxy) is 2. The molecule has 1 heterocycles. The molecule has 3 N–H and O–H groups in total. The van der Waals surface area contributed by atoms with Crippen LogP contribution in [-0.2, 0) is 9.59 Å². The Labute approximate surface area is 281 Å². The number of aryl methyl sites for hydroxylation is 1. The van der Waals surface area contributed by atoms with Gasteiger partial charge in [0.25, 0.3) is 11.8 Å². The average Bonchev–Trinajstić information content (AvgIpc) is 3.48. The van der Waals surface area contributed by atoms with Crippen molar-refractivity contribution >= 4 is 67.9 Å². The zero-order valence-corrected chi connectivity index (χ0v) is 28.0. The molecule has 0 aliphatic heterocycles. The lowest BCUT2D eigenvalue weighted by Gasteiger charge is -2.15. The summed E-state index contributed by atoms with van der Waals surface area (Å²) in [6.07, 6.45) is 2.15. The Balaban J connectivity index is 1.33. The van der Waals surface area contributed by atoms with Crippen LogP contribution in [0.1, 0.15) is 34.8 Å². The molecule has 1 atom stereocenters. The number of rotatable bonds is 12. The van der Waals surface area contributed by atoms with E-state index in [9.17, 15) is 14.4 Å². The van der Waals surface area contributed by atoms with Crippen LogP contribution in [0.4, 0.5) is 10.8 Å². The van der Waals surface area contributed by atoms with Crippen LogP contribution < -0.4 is 25.4 Å². The number of hydrogen-bond acceptors (Lipinski definition) is 8.